The van der Waals surface area contributed by atoms with Gasteiger partial charge >= 0.3 is 0 Å². The minimum atomic E-state index is -1.03. The molecule has 0 radical (unpaired) electrons. The fraction of sp³-hybridized carbons (Fsp3) is 0.400. The van der Waals surface area contributed by atoms with Gasteiger partial charge in [0.2, 0.25) is 5.91 Å². The van der Waals surface area contributed by atoms with Crippen LogP contribution in [-0.4, -0.2) is 46.3 Å². The lowest BCUT2D eigenvalue weighted by Crippen LogP contribution is -2.38. The third-order valence-electron chi connectivity index (χ3n) is 3.91. The molecule has 3 rings (SSSR count). The summed E-state index contributed by atoms with van der Waals surface area (Å²) in [4.78, 5) is 16.9. The van der Waals surface area contributed by atoms with Crippen LogP contribution in [0.5, 0.6) is 0 Å². The Labute approximate surface area is 116 Å². The standard InChI is InChI=1S/C15H17FN2O2/c16-11-6-12(9-19)18(8-11)15(20)5-10-7-17-14-4-2-1-3-13(10)14/h1-4,7,11-12,17,19H,5-6,8-9H2/t11-,12-/m0/s1. The van der Waals surface area contributed by atoms with Gasteiger partial charge in [-0.2, -0.15) is 0 Å². The number of amides is 1. The highest BCUT2D eigenvalue weighted by Gasteiger charge is 2.34. The van der Waals surface area contributed by atoms with Crippen LogP contribution in [0.3, 0.4) is 0 Å². The lowest BCUT2D eigenvalue weighted by Gasteiger charge is -2.22. The molecular formula is C15H17FN2O2. The molecule has 1 saturated heterocycles. The summed E-state index contributed by atoms with van der Waals surface area (Å²) in [6, 6.07) is 7.38. The Morgan fingerprint density at radius 2 is 2.25 bits per heavy atom. The number of hydrogen-bond donors (Lipinski definition) is 2. The highest BCUT2D eigenvalue weighted by Crippen LogP contribution is 2.23. The SMILES string of the molecule is O=C(Cc1c[nH]c2ccccc12)N1C[C@@H](F)C[C@H]1CO. The van der Waals surface area contributed by atoms with E-state index in [0.717, 1.165) is 16.5 Å². The number of likely N-dealkylation sites (tertiary alicyclic amines) is 1. The molecule has 0 aliphatic carbocycles. The van der Waals surface area contributed by atoms with Crippen LogP contribution >= 0.6 is 0 Å². The normalized spacial score (nSPS) is 22.6. The molecule has 0 spiro atoms. The summed E-state index contributed by atoms with van der Waals surface area (Å²) in [6.45, 7) is -0.0908. The smallest absolute Gasteiger partial charge is 0.227 e. The van der Waals surface area contributed by atoms with Crippen molar-refractivity contribution in [2.75, 3.05) is 13.2 Å². The Bertz CT molecular complexity index is 625. The second-order valence-electron chi connectivity index (χ2n) is 5.25. The molecule has 0 saturated carbocycles. The number of hydrogen-bond acceptors (Lipinski definition) is 2. The van der Waals surface area contributed by atoms with Gasteiger partial charge in [-0.05, 0) is 11.6 Å². The van der Waals surface area contributed by atoms with Gasteiger partial charge in [0.25, 0.3) is 0 Å². The Hall–Kier alpha value is -1.88. The van der Waals surface area contributed by atoms with E-state index in [2.05, 4.69) is 4.98 Å². The van der Waals surface area contributed by atoms with Crippen molar-refractivity contribution in [3.8, 4) is 0 Å². The van der Waals surface area contributed by atoms with Gasteiger partial charge in [0.1, 0.15) is 6.17 Å². The van der Waals surface area contributed by atoms with Crippen LogP contribution < -0.4 is 0 Å². The van der Waals surface area contributed by atoms with E-state index in [9.17, 15) is 14.3 Å². The number of aliphatic hydroxyl groups excluding tert-OH is 1. The van der Waals surface area contributed by atoms with Crippen molar-refractivity contribution in [2.45, 2.75) is 25.1 Å². The van der Waals surface area contributed by atoms with Crippen LogP contribution in [0.4, 0.5) is 4.39 Å². The minimum absolute atomic E-state index is 0.0897. The number of aromatic nitrogens is 1. The first-order valence-electron chi connectivity index (χ1n) is 6.78. The van der Waals surface area contributed by atoms with E-state index < -0.39 is 6.17 Å². The number of alkyl halides is 1. The van der Waals surface area contributed by atoms with Gasteiger partial charge in [0.05, 0.1) is 25.6 Å². The van der Waals surface area contributed by atoms with E-state index in [0.29, 0.717) is 0 Å². The van der Waals surface area contributed by atoms with Gasteiger partial charge in [-0.25, -0.2) is 4.39 Å². The predicted octanol–water partition coefficient (Wildman–Crippen LogP) is 1.64. The maximum Gasteiger partial charge on any atom is 0.227 e. The second kappa shape index (κ2) is 5.25. The molecule has 1 aromatic carbocycles. The Balaban J connectivity index is 1.79. The molecule has 1 fully saturated rings. The van der Waals surface area contributed by atoms with Crippen molar-refractivity contribution in [2.24, 2.45) is 0 Å². The van der Waals surface area contributed by atoms with Crippen molar-refractivity contribution in [3.63, 3.8) is 0 Å². The highest BCUT2D eigenvalue weighted by atomic mass is 19.1. The first-order chi connectivity index (χ1) is 9.69. The molecule has 1 amide bonds. The molecule has 106 valence electrons. The number of benzene rings is 1. The summed E-state index contributed by atoms with van der Waals surface area (Å²) < 4.78 is 13.4. The molecule has 2 atom stereocenters. The van der Waals surface area contributed by atoms with Crippen molar-refractivity contribution < 1.29 is 14.3 Å². The zero-order chi connectivity index (χ0) is 14.1. The summed E-state index contributed by atoms with van der Waals surface area (Å²) in [7, 11) is 0. The van der Waals surface area contributed by atoms with E-state index in [1.807, 2.05) is 30.5 Å². The monoisotopic (exact) mass is 276 g/mol. The van der Waals surface area contributed by atoms with Crippen molar-refractivity contribution >= 4 is 16.8 Å². The first kappa shape index (κ1) is 13.1. The summed E-state index contributed by atoms with van der Waals surface area (Å²) in [5.41, 5.74) is 1.89. The van der Waals surface area contributed by atoms with Crippen LogP contribution in [0, 0.1) is 0 Å². The topological polar surface area (TPSA) is 56.3 Å². The van der Waals surface area contributed by atoms with Gasteiger partial charge in [-0.1, -0.05) is 18.2 Å². The average molecular weight is 276 g/mol. The molecule has 20 heavy (non-hydrogen) atoms. The van der Waals surface area contributed by atoms with E-state index in [4.69, 9.17) is 0 Å². The number of halogens is 1. The van der Waals surface area contributed by atoms with Gasteiger partial charge in [-0.15, -0.1) is 0 Å². The maximum absolute atomic E-state index is 13.4. The summed E-state index contributed by atoms with van der Waals surface area (Å²) >= 11 is 0. The number of carbonyl (C=O) groups is 1. The Morgan fingerprint density at radius 3 is 3.05 bits per heavy atom. The minimum Gasteiger partial charge on any atom is -0.394 e. The largest absolute Gasteiger partial charge is 0.394 e. The van der Waals surface area contributed by atoms with Gasteiger partial charge < -0.3 is 15.0 Å². The number of H-pyrrole nitrogens is 1. The van der Waals surface area contributed by atoms with Crippen LogP contribution in [0.1, 0.15) is 12.0 Å². The number of fused-ring (bicyclic) bond motifs is 1. The van der Waals surface area contributed by atoms with Gasteiger partial charge in [-0.3, -0.25) is 4.79 Å². The van der Waals surface area contributed by atoms with Gasteiger partial charge in [0, 0.05) is 23.5 Å². The van der Waals surface area contributed by atoms with E-state index >= 15 is 0 Å². The van der Waals surface area contributed by atoms with Gasteiger partial charge in [0.15, 0.2) is 0 Å². The molecule has 2 N–H and O–H groups in total. The third-order valence-corrected chi connectivity index (χ3v) is 3.91. The van der Waals surface area contributed by atoms with E-state index in [-0.39, 0.29) is 37.9 Å². The summed E-state index contributed by atoms with van der Waals surface area (Å²) in [5, 5.41) is 10.2. The van der Waals surface area contributed by atoms with E-state index in [1.54, 1.807) is 0 Å². The fourth-order valence-electron chi connectivity index (χ4n) is 2.88. The van der Waals surface area contributed by atoms with Crippen molar-refractivity contribution in [3.05, 3.63) is 36.0 Å². The predicted molar refractivity (Wildman–Crippen MR) is 74.1 cm³/mol. The number of nitrogens with one attached hydrogen (secondary N) is 1. The number of aromatic amines is 1. The molecule has 0 unspecified atom stereocenters. The molecular weight excluding hydrogens is 259 g/mol. The lowest BCUT2D eigenvalue weighted by molar-refractivity contribution is -0.132. The number of para-hydroxylation sites is 1. The first-order valence-corrected chi connectivity index (χ1v) is 6.78. The Morgan fingerprint density at radius 1 is 1.45 bits per heavy atom. The molecule has 2 heterocycles. The average Bonchev–Trinajstić information content (AvgIpc) is 3.03. The van der Waals surface area contributed by atoms with Crippen LogP contribution in [-0.2, 0) is 11.2 Å². The quantitative estimate of drug-likeness (QED) is 0.895. The highest BCUT2D eigenvalue weighted by molar-refractivity contribution is 5.89. The lowest BCUT2D eigenvalue weighted by atomic mass is 10.1. The van der Waals surface area contributed by atoms with Crippen LogP contribution in [0.15, 0.2) is 30.5 Å². The molecule has 1 aliphatic heterocycles. The number of aliphatic hydroxyl groups is 1. The molecule has 4 nitrogen and oxygen atoms in total. The van der Waals surface area contributed by atoms with Crippen molar-refractivity contribution in [1.82, 2.24) is 9.88 Å². The van der Waals surface area contributed by atoms with Crippen LogP contribution in [0.25, 0.3) is 10.9 Å². The number of rotatable bonds is 3. The number of nitrogens with zero attached hydrogens (tertiary/aromatic N) is 1. The summed E-state index contributed by atoms with van der Waals surface area (Å²) in [5.74, 6) is -0.131. The molecule has 2 aromatic rings. The van der Waals surface area contributed by atoms with Crippen LogP contribution in [0.2, 0.25) is 0 Å². The third kappa shape index (κ3) is 2.29. The Kier molecular flexibility index (Phi) is 3.44. The van der Waals surface area contributed by atoms with E-state index in [1.165, 1.54) is 4.90 Å². The number of carbonyl (C=O) groups excluding carboxylic acids is 1. The fourth-order valence-corrected chi connectivity index (χ4v) is 2.88. The summed E-state index contributed by atoms with van der Waals surface area (Å²) in [6.07, 6.45) is 1.25. The zero-order valence-electron chi connectivity index (χ0n) is 11.1. The second-order valence-corrected chi connectivity index (χ2v) is 5.25. The molecule has 1 aromatic heterocycles. The van der Waals surface area contributed by atoms with Crippen molar-refractivity contribution in [1.29, 1.82) is 0 Å². The molecule has 0 bridgehead atoms. The molecule has 1 aliphatic rings. The molecule has 5 heteroatoms. The zero-order valence-corrected chi connectivity index (χ0v) is 11.1. The maximum atomic E-state index is 13.4.